The molecule has 2 rings (SSSR count). The molecule has 0 fully saturated rings. The van der Waals surface area contributed by atoms with Gasteiger partial charge in [0.05, 0.1) is 17.3 Å². The van der Waals surface area contributed by atoms with Gasteiger partial charge in [-0.15, -0.1) is 0 Å². The molecule has 0 spiro atoms. The fraction of sp³-hybridized carbons (Fsp3) is 0.176. The van der Waals surface area contributed by atoms with Crippen LogP contribution >= 0.6 is 0 Å². The first-order valence-corrected chi connectivity index (χ1v) is 6.80. The summed E-state index contributed by atoms with van der Waals surface area (Å²) in [5, 5.41) is 20.8. The first-order chi connectivity index (χ1) is 10.7. The summed E-state index contributed by atoms with van der Waals surface area (Å²) < 4.78 is 19.2. The molecule has 0 saturated heterocycles. The third-order valence-corrected chi connectivity index (χ3v) is 3.22. The van der Waals surface area contributed by atoms with Crippen molar-refractivity contribution in [3.63, 3.8) is 0 Å². The molecule has 1 N–H and O–H groups in total. The van der Waals surface area contributed by atoms with E-state index in [2.05, 4.69) is 5.16 Å². The van der Waals surface area contributed by atoms with Crippen molar-refractivity contribution < 1.29 is 14.3 Å². The summed E-state index contributed by atoms with van der Waals surface area (Å²) in [4.78, 5) is 0. The van der Waals surface area contributed by atoms with Gasteiger partial charge in [-0.1, -0.05) is 18.1 Å². The number of benzene rings is 2. The molecule has 0 heterocycles. The molecule has 0 radical (unpaired) electrons. The molecule has 0 aliphatic rings. The van der Waals surface area contributed by atoms with Gasteiger partial charge in [0, 0.05) is 5.56 Å². The van der Waals surface area contributed by atoms with E-state index < -0.39 is 5.82 Å². The highest BCUT2D eigenvalue weighted by Crippen LogP contribution is 2.17. The van der Waals surface area contributed by atoms with Crippen LogP contribution in [-0.2, 0) is 6.61 Å². The summed E-state index contributed by atoms with van der Waals surface area (Å²) in [5.41, 5.74) is 2.06. The quantitative estimate of drug-likeness (QED) is 0.518. The average Bonchev–Trinajstić information content (AvgIpc) is 2.56. The van der Waals surface area contributed by atoms with Gasteiger partial charge >= 0.3 is 0 Å². The molecule has 0 bridgehead atoms. The van der Waals surface area contributed by atoms with E-state index in [9.17, 15) is 4.39 Å². The van der Waals surface area contributed by atoms with Crippen LogP contribution in [0.4, 0.5) is 4.39 Å². The van der Waals surface area contributed by atoms with E-state index in [1.54, 1.807) is 30.3 Å². The largest absolute Gasteiger partial charge is 0.489 e. The molecular formula is C17H15FN2O2. The molecule has 0 unspecified atom stereocenters. The Morgan fingerprint density at radius 1 is 1.27 bits per heavy atom. The van der Waals surface area contributed by atoms with Crippen molar-refractivity contribution in [3.05, 3.63) is 65.0 Å². The highest BCUT2D eigenvalue weighted by Gasteiger charge is 2.06. The maximum absolute atomic E-state index is 13.7. The maximum atomic E-state index is 13.7. The molecule has 0 amide bonds. The van der Waals surface area contributed by atoms with Crippen LogP contribution in [0, 0.1) is 17.1 Å². The zero-order chi connectivity index (χ0) is 15.9. The average molecular weight is 298 g/mol. The smallest absolute Gasteiger partial charge is 0.131 e. The highest BCUT2D eigenvalue weighted by molar-refractivity contribution is 6.00. The van der Waals surface area contributed by atoms with Gasteiger partial charge in [0.2, 0.25) is 0 Å². The first-order valence-electron chi connectivity index (χ1n) is 6.80. The number of ether oxygens (including phenoxy) is 1. The molecule has 0 saturated carbocycles. The van der Waals surface area contributed by atoms with Gasteiger partial charge in [-0.3, -0.25) is 0 Å². The second-order valence-corrected chi connectivity index (χ2v) is 4.63. The molecule has 2 aromatic carbocycles. The predicted octanol–water partition coefficient (Wildman–Crippen LogP) is 3.86. The number of hydrogen-bond acceptors (Lipinski definition) is 4. The SMILES string of the molecule is CC/C(=N\O)c1ccc(OCc2ccc(C#N)cc2F)cc1. The summed E-state index contributed by atoms with van der Waals surface area (Å²) in [6, 6.07) is 13.2. The monoisotopic (exact) mass is 298 g/mol. The van der Waals surface area contributed by atoms with Crippen molar-refractivity contribution in [2.75, 3.05) is 0 Å². The van der Waals surface area contributed by atoms with Gasteiger partial charge in [-0.2, -0.15) is 5.26 Å². The van der Waals surface area contributed by atoms with Crippen LogP contribution in [-0.4, -0.2) is 10.9 Å². The van der Waals surface area contributed by atoms with Gasteiger partial charge in [-0.25, -0.2) is 4.39 Å². The maximum Gasteiger partial charge on any atom is 0.131 e. The van der Waals surface area contributed by atoms with Crippen LogP contribution in [0.2, 0.25) is 0 Å². The lowest BCUT2D eigenvalue weighted by atomic mass is 10.1. The fourth-order valence-electron chi connectivity index (χ4n) is 1.97. The van der Waals surface area contributed by atoms with Crippen LogP contribution in [0.25, 0.3) is 0 Å². The van der Waals surface area contributed by atoms with Gasteiger partial charge in [0.15, 0.2) is 0 Å². The second-order valence-electron chi connectivity index (χ2n) is 4.63. The summed E-state index contributed by atoms with van der Waals surface area (Å²) in [6.45, 7) is 1.97. The first kappa shape index (κ1) is 15.5. The lowest BCUT2D eigenvalue weighted by molar-refractivity contribution is 0.300. The van der Waals surface area contributed by atoms with Crippen molar-refractivity contribution in [1.82, 2.24) is 0 Å². The third-order valence-electron chi connectivity index (χ3n) is 3.22. The summed E-state index contributed by atoms with van der Waals surface area (Å²) in [5.74, 6) is 0.122. The Kier molecular flexibility index (Phi) is 5.10. The fourth-order valence-corrected chi connectivity index (χ4v) is 1.97. The van der Waals surface area contributed by atoms with E-state index in [0.717, 1.165) is 5.56 Å². The second kappa shape index (κ2) is 7.23. The molecular weight excluding hydrogens is 283 g/mol. The number of rotatable bonds is 5. The summed E-state index contributed by atoms with van der Waals surface area (Å²) in [7, 11) is 0. The number of oxime groups is 1. The molecule has 0 aliphatic heterocycles. The Hall–Kier alpha value is -2.87. The van der Waals surface area contributed by atoms with Gasteiger partial charge < -0.3 is 9.94 Å². The van der Waals surface area contributed by atoms with E-state index in [1.807, 2.05) is 13.0 Å². The van der Waals surface area contributed by atoms with E-state index >= 15 is 0 Å². The van der Waals surface area contributed by atoms with Crippen LogP contribution in [0.15, 0.2) is 47.6 Å². The van der Waals surface area contributed by atoms with Gasteiger partial charge in [-0.05, 0) is 48.4 Å². The van der Waals surface area contributed by atoms with E-state index in [0.29, 0.717) is 23.4 Å². The Morgan fingerprint density at radius 3 is 2.55 bits per heavy atom. The number of nitriles is 1. The standard InChI is InChI=1S/C17H15FN2O2/c1-2-17(20-21)13-5-7-15(8-6-13)22-11-14-4-3-12(10-19)9-16(14)18/h3-9,21H,2,11H2,1H3/b20-17+. The van der Waals surface area contributed by atoms with E-state index in [4.69, 9.17) is 15.2 Å². The Balaban J connectivity index is 2.05. The minimum absolute atomic E-state index is 0.0750. The zero-order valence-electron chi connectivity index (χ0n) is 12.1. The Labute approximate surface area is 128 Å². The van der Waals surface area contributed by atoms with Crippen LogP contribution in [0.1, 0.15) is 30.0 Å². The van der Waals surface area contributed by atoms with Crippen LogP contribution in [0.5, 0.6) is 5.75 Å². The molecule has 0 atom stereocenters. The van der Waals surface area contributed by atoms with Crippen LogP contribution < -0.4 is 4.74 Å². The highest BCUT2D eigenvalue weighted by atomic mass is 19.1. The molecule has 4 nitrogen and oxygen atoms in total. The summed E-state index contributed by atoms with van der Waals surface area (Å²) in [6.07, 6.45) is 0.618. The molecule has 0 aliphatic carbocycles. The Bertz CT molecular complexity index is 718. The number of halogens is 1. The zero-order valence-corrected chi connectivity index (χ0v) is 12.1. The van der Waals surface area contributed by atoms with E-state index in [-0.39, 0.29) is 12.2 Å². The molecule has 0 aromatic heterocycles. The lowest BCUT2D eigenvalue weighted by Crippen LogP contribution is -2.01. The van der Waals surface area contributed by atoms with E-state index in [1.165, 1.54) is 12.1 Å². The minimum atomic E-state index is -0.462. The van der Waals surface area contributed by atoms with Crippen molar-refractivity contribution >= 4 is 5.71 Å². The molecule has 112 valence electrons. The van der Waals surface area contributed by atoms with Gasteiger partial charge in [0.25, 0.3) is 0 Å². The predicted molar refractivity (Wildman–Crippen MR) is 80.5 cm³/mol. The molecule has 22 heavy (non-hydrogen) atoms. The van der Waals surface area contributed by atoms with Crippen molar-refractivity contribution in [1.29, 1.82) is 5.26 Å². The normalized spacial score (nSPS) is 11.0. The molecule has 2 aromatic rings. The summed E-state index contributed by atoms with van der Waals surface area (Å²) >= 11 is 0. The van der Waals surface area contributed by atoms with Crippen molar-refractivity contribution in [2.45, 2.75) is 20.0 Å². The van der Waals surface area contributed by atoms with Gasteiger partial charge in [0.1, 0.15) is 18.2 Å². The molecule has 5 heteroatoms. The third kappa shape index (κ3) is 3.61. The van der Waals surface area contributed by atoms with Crippen molar-refractivity contribution in [2.24, 2.45) is 5.16 Å². The topological polar surface area (TPSA) is 65.6 Å². The number of nitrogens with zero attached hydrogens (tertiary/aromatic N) is 2. The lowest BCUT2D eigenvalue weighted by Gasteiger charge is -2.08. The van der Waals surface area contributed by atoms with Crippen LogP contribution in [0.3, 0.4) is 0 Å². The Morgan fingerprint density at radius 2 is 2.00 bits per heavy atom. The number of hydrogen-bond donors (Lipinski definition) is 1. The minimum Gasteiger partial charge on any atom is -0.489 e. The van der Waals surface area contributed by atoms with Crippen molar-refractivity contribution in [3.8, 4) is 11.8 Å².